The Morgan fingerprint density at radius 2 is 1.92 bits per heavy atom. The quantitative estimate of drug-likeness (QED) is 0.499. The summed E-state index contributed by atoms with van der Waals surface area (Å²) in [5.74, 6) is 0. The van der Waals surface area contributed by atoms with Gasteiger partial charge in [-0.1, -0.05) is 38.7 Å². The second kappa shape index (κ2) is 10.1. The van der Waals surface area contributed by atoms with Crippen LogP contribution in [0.2, 0.25) is 0 Å². The molecule has 1 atom stereocenters. The maximum atomic E-state index is 12.3. The van der Waals surface area contributed by atoms with Crippen LogP contribution in [0.5, 0.6) is 0 Å². The van der Waals surface area contributed by atoms with Crippen LogP contribution in [0.1, 0.15) is 51.5 Å². The predicted octanol–water partition coefficient (Wildman–Crippen LogP) is 3.89. The maximum absolute atomic E-state index is 12.3. The lowest BCUT2D eigenvalue weighted by Crippen LogP contribution is -2.36. The van der Waals surface area contributed by atoms with Gasteiger partial charge in [-0.2, -0.15) is 0 Å². The van der Waals surface area contributed by atoms with Crippen LogP contribution in [-0.2, 0) is 10.0 Å². The fourth-order valence-electron chi connectivity index (χ4n) is 2.44. The molecular weight excluding hydrogens is 354 g/mol. The third-order valence-electron chi connectivity index (χ3n) is 4.10. The van der Waals surface area contributed by atoms with Gasteiger partial charge in [0.25, 0.3) is 0 Å². The molecule has 0 aromatic heterocycles. The van der Waals surface area contributed by atoms with Crippen LogP contribution in [0.15, 0.2) is 23.1 Å². The van der Waals surface area contributed by atoms with Crippen LogP contribution in [0.4, 0.5) is 5.69 Å². The Hall–Kier alpha value is -1.18. The molecule has 2 N–H and O–H groups in total. The van der Waals surface area contributed by atoms with Gasteiger partial charge in [0.2, 0.25) is 10.0 Å². The second-order valence-corrected chi connectivity index (χ2v) is 9.17. The lowest BCUT2D eigenvalue weighted by Gasteiger charge is -2.19. The molecule has 0 aliphatic rings. The molecule has 0 saturated heterocycles. The SMILES string of the molecule is CCCCCC[C@@H](C)NC(=S)Nc1cc(S(=O)(=O)N(C)C)ccc1C. The highest BCUT2D eigenvalue weighted by Crippen LogP contribution is 2.22. The van der Waals surface area contributed by atoms with Crippen molar-refractivity contribution >= 4 is 33.0 Å². The normalized spacial score (nSPS) is 12.9. The van der Waals surface area contributed by atoms with E-state index in [1.54, 1.807) is 18.2 Å². The van der Waals surface area contributed by atoms with E-state index in [2.05, 4.69) is 24.5 Å². The minimum atomic E-state index is -3.46. The molecular formula is C18H31N3O2S2. The molecule has 1 aromatic carbocycles. The summed E-state index contributed by atoms with van der Waals surface area (Å²) in [6.45, 7) is 6.23. The number of benzene rings is 1. The van der Waals surface area contributed by atoms with Gasteiger partial charge in [0.15, 0.2) is 5.11 Å². The van der Waals surface area contributed by atoms with E-state index in [0.29, 0.717) is 10.8 Å². The van der Waals surface area contributed by atoms with E-state index in [1.807, 2.05) is 6.92 Å². The van der Waals surface area contributed by atoms with Crippen molar-refractivity contribution in [3.63, 3.8) is 0 Å². The van der Waals surface area contributed by atoms with Crippen LogP contribution in [0.3, 0.4) is 0 Å². The van der Waals surface area contributed by atoms with Crippen molar-refractivity contribution in [2.24, 2.45) is 0 Å². The number of nitrogens with one attached hydrogen (secondary N) is 2. The van der Waals surface area contributed by atoms with E-state index in [-0.39, 0.29) is 10.9 Å². The summed E-state index contributed by atoms with van der Waals surface area (Å²) in [4.78, 5) is 0.251. The average Bonchev–Trinajstić information content (AvgIpc) is 2.53. The first-order chi connectivity index (χ1) is 11.7. The summed E-state index contributed by atoms with van der Waals surface area (Å²) >= 11 is 5.38. The zero-order valence-electron chi connectivity index (χ0n) is 15.9. The summed E-state index contributed by atoms with van der Waals surface area (Å²) in [5, 5.41) is 6.92. The molecule has 0 amide bonds. The van der Waals surface area contributed by atoms with Crippen molar-refractivity contribution in [1.82, 2.24) is 9.62 Å². The lowest BCUT2D eigenvalue weighted by atomic mass is 10.1. The average molecular weight is 386 g/mol. The van der Waals surface area contributed by atoms with Crippen molar-refractivity contribution in [1.29, 1.82) is 0 Å². The van der Waals surface area contributed by atoms with Gasteiger partial charge in [0.05, 0.1) is 4.90 Å². The zero-order valence-corrected chi connectivity index (χ0v) is 17.6. The number of rotatable bonds is 9. The Morgan fingerprint density at radius 1 is 1.24 bits per heavy atom. The van der Waals surface area contributed by atoms with E-state index >= 15 is 0 Å². The maximum Gasteiger partial charge on any atom is 0.242 e. The summed E-state index contributed by atoms with van der Waals surface area (Å²) in [6.07, 6.45) is 5.98. The molecule has 0 unspecified atom stereocenters. The molecule has 0 fully saturated rings. The Morgan fingerprint density at radius 3 is 2.52 bits per heavy atom. The predicted molar refractivity (Wildman–Crippen MR) is 110 cm³/mol. The van der Waals surface area contributed by atoms with Gasteiger partial charge in [0.1, 0.15) is 0 Å². The summed E-state index contributed by atoms with van der Waals surface area (Å²) in [5.41, 5.74) is 1.65. The van der Waals surface area contributed by atoms with E-state index in [9.17, 15) is 8.42 Å². The van der Waals surface area contributed by atoms with Gasteiger partial charge in [0, 0.05) is 25.8 Å². The van der Waals surface area contributed by atoms with E-state index in [1.165, 1.54) is 44.1 Å². The van der Waals surface area contributed by atoms with Gasteiger partial charge >= 0.3 is 0 Å². The van der Waals surface area contributed by atoms with Crippen molar-refractivity contribution < 1.29 is 8.42 Å². The van der Waals surface area contributed by atoms with Crippen LogP contribution >= 0.6 is 12.2 Å². The summed E-state index contributed by atoms with van der Waals surface area (Å²) in [7, 11) is -0.418. The molecule has 0 saturated carbocycles. The molecule has 0 heterocycles. The highest BCUT2D eigenvalue weighted by atomic mass is 32.2. The molecule has 5 nitrogen and oxygen atoms in total. The van der Waals surface area contributed by atoms with Gasteiger partial charge in [-0.05, 0) is 50.2 Å². The highest BCUT2D eigenvalue weighted by Gasteiger charge is 2.18. The molecule has 0 bridgehead atoms. The van der Waals surface area contributed by atoms with E-state index < -0.39 is 10.0 Å². The van der Waals surface area contributed by atoms with Crippen molar-refractivity contribution in [3.05, 3.63) is 23.8 Å². The number of hydrogen-bond donors (Lipinski definition) is 2. The minimum absolute atomic E-state index is 0.251. The topological polar surface area (TPSA) is 61.4 Å². The van der Waals surface area contributed by atoms with Gasteiger partial charge in [-0.15, -0.1) is 0 Å². The Bertz CT molecular complexity index is 673. The van der Waals surface area contributed by atoms with E-state index in [0.717, 1.165) is 12.0 Å². The monoisotopic (exact) mass is 385 g/mol. The summed E-state index contributed by atoms with van der Waals surface area (Å²) < 4.78 is 25.8. The van der Waals surface area contributed by atoms with Crippen molar-refractivity contribution in [3.8, 4) is 0 Å². The van der Waals surface area contributed by atoms with E-state index in [4.69, 9.17) is 12.2 Å². The smallest absolute Gasteiger partial charge is 0.242 e. The van der Waals surface area contributed by atoms with Crippen LogP contribution < -0.4 is 10.6 Å². The third kappa shape index (κ3) is 6.92. The first-order valence-electron chi connectivity index (χ1n) is 8.79. The Kier molecular flexibility index (Phi) is 8.82. The third-order valence-corrected chi connectivity index (χ3v) is 6.13. The molecule has 0 aliphatic heterocycles. The van der Waals surface area contributed by atoms with Gasteiger partial charge in [-0.25, -0.2) is 12.7 Å². The largest absolute Gasteiger partial charge is 0.360 e. The molecule has 0 aliphatic carbocycles. The Balaban J connectivity index is 2.71. The molecule has 0 spiro atoms. The van der Waals surface area contributed by atoms with Gasteiger partial charge in [-0.3, -0.25) is 0 Å². The van der Waals surface area contributed by atoms with Crippen molar-refractivity contribution in [2.45, 2.75) is 63.8 Å². The fourth-order valence-corrected chi connectivity index (χ4v) is 3.68. The number of nitrogens with zero attached hydrogens (tertiary/aromatic N) is 1. The second-order valence-electron chi connectivity index (χ2n) is 6.61. The number of anilines is 1. The molecule has 1 rings (SSSR count). The molecule has 142 valence electrons. The summed E-state index contributed by atoms with van der Waals surface area (Å²) in [6, 6.07) is 5.31. The molecule has 7 heteroatoms. The minimum Gasteiger partial charge on any atom is -0.360 e. The van der Waals surface area contributed by atoms with Crippen LogP contribution in [-0.4, -0.2) is 38.0 Å². The highest BCUT2D eigenvalue weighted by molar-refractivity contribution is 7.89. The Labute approximate surface area is 158 Å². The van der Waals surface area contributed by atoms with Crippen molar-refractivity contribution in [2.75, 3.05) is 19.4 Å². The van der Waals surface area contributed by atoms with Gasteiger partial charge < -0.3 is 10.6 Å². The fraction of sp³-hybridized carbons (Fsp3) is 0.611. The first-order valence-corrected chi connectivity index (χ1v) is 10.6. The van der Waals surface area contributed by atoms with Crippen LogP contribution in [0, 0.1) is 6.92 Å². The van der Waals surface area contributed by atoms with Crippen LogP contribution in [0.25, 0.3) is 0 Å². The number of thiocarbonyl (C=S) groups is 1. The zero-order chi connectivity index (χ0) is 19.0. The number of sulfonamides is 1. The first kappa shape index (κ1) is 21.9. The lowest BCUT2D eigenvalue weighted by molar-refractivity contribution is 0.521. The number of unbranched alkanes of at least 4 members (excludes halogenated alkanes) is 3. The molecule has 25 heavy (non-hydrogen) atoms. The molecule has 1 aromatic rings. The number of hydrogen-bond acceptors (Lipinski definition) is 3. The standard InChI is InChI=1S/C18H31N3O2S2/c1-6-7-8-9-10-15(3)19-18(24)20-17-13-16(12-11-14(17)2)25(22,23)21(4)5/h11-13,15H,6-10H2,1-5H3,(H2,19,20,24)/t15-/m1/s1. The number of aryl methyl sites for hydroxylation is 1. The molecule has 0 radical (unpaired) electrons.